The van der Waals surface area contributed by atoms with Crippen molar-refractivity contribution < 1.29 is 0 Å². The van der Waals surface area contributed by atoms with Crippen molar-refractivity contribution in [2.45, 2.75) is 19.8 Å². The van der Waals surface area contributed by atoms with Crippen LogP contribution < -0.4 is 0 Å². The molecule has 0 radical (unpaired) electrons. The molecule has 0 aliphatic carbocycles. The molecular weight excluding hydrogens is 645 g/mol. The van der Waals surface area contributed by atoms with E-state index >= 15 is 0 Å². The van der Waals surface area contributed by atoms with Gasteiger partial charge in [-0.15, -0.1) is 0 Å². The molecule has 0 unspecified atom stereocenters. The van der Waals surface area contributed by atoms with Crippen LogP contribution in [-0.4, -0.2) is 19.9 Å². The van der Waals surface area contributed by atoms with Crippen LogP contribution in [0, 0.1) is 0 Å². The lowest BCUT2D eigenvalue weighted by Crippen LogP contribution is -1.97. The van der Waals surface area contributed by atoms with Gasteiger partial charge in [0.05, 0.1) is 33.8 Å². The summed E-state index contributed by atoms with van der Waals surface area (Å²) < 4.78 is 0. The Bertz CT molecular complexity index is 2670. The lowest BCUT2D eigenvalue weighted by atomic mass is 9.95. The number of hydrogen-bond acceptors (Lipinski definition) is 4. The molecule has 0 bridgehead atoms. The topological polar surface area (TPSA) is 51.6 Å². The summed E-state index contributed by atoms with van der Waals surface area (Å²) in [5.74, 6) is 1.04. The largest absolute Gasteiger partial charge is 0.245 e. The maximum absolute atomic E-state index is 5.28. The molecule has 0 amide bonds. The summed E-state index contributed by atoms with van der Waals surface area (Å²) in [4.78, 5) is 20.5. The van der Waals surface area contributed by atoms with Crippen LogP contribution in [0.1, 0.15) is 25.3 Å². The molecule has 4 nitrogen and oxygen atoms in total. The van der Waals surface area contributed by atoms with Gasteiger partial charge in [0.25, 0.3) is 0 Å². The summed E-state index contributed by atoms with van der Waals surface area (Å²) in [7, 11) is 0. The van der Waals surface area contributed by atoms with E-state index in [9.17, 15) is 0 Å². The fourth-order valence-electron chi connectivity index (χ4n) is 7.05. The third kappa shape index (κ3) is 6.36. The molecule has 0 atom stereocenters. The van der Waals surface area contributed by atoms with Gasteiger partial charge in [0.15, 0.2) is 5.82 Å². The molecule has 0 spiro atoms. The van der Waals surface area contributed by atoms with Crippen molar-refractivity contribution in [3.8, 4) is 67.5 Å². The summed E-state index contributed by atoms with van der Waals surface area (Å²) in [6, 6.07) is 61.1. The van der Waals surface area contributed by atoms with E-state index < -0.39 is 0 Å². The van der Waals surface area contributed by atoms with Crippen molar-refractivity contribution >= 4 is 21.8 Å². The third-order valence-electron chi connectivity index (χ3n) is 9.86. The average molecular weight is 681 g/mol. The summed E-state index contributed by atoms with van der Waals surface area (Å²) in [6.45, 7) is 4.48. The predicted octanol–water partition coefficient (Wildman–Crippen LogP) is 12.7. The number of pyridine rings is 2. The van der Waals surface area contributed by atoms with Crippen molar-refractivity contribution in [1.29, 1.82) is 0 Å². The number of fused-ring (bicyclic) bond motifs is 3. The van der Waals surface area contributed by atoms with Crippen LogP contribution in [0.4, 0.5) is 0 Å². The monoisotopic (exact) mass is 680 g/mol. The first-order valence-corrected chi connectivity index (χ1v) is 18.1. The predicted molar refractivity (Wildman–Crippen MR) is 219 cm³/mol. The summed E-state index contributed by atoms with van der Waals surface area (Å²) >= 11 is 0. The van der Waals surface area contributed by atoms with E-state index in [1.54, 1.807) is 0 Å². The van der Waals surface area contributed by atoms with Crippen LogP contribution >= 0.6 is 0 Å². The van der Waals surface area contributed by atoms with Gasteiger partial charge in [0, 0.05) is 38.6 Å². The summed E-state index contributed by atoms with van der Waals surface area (Å²) in [5, 5.41) is 2.23. The van der Waals surface area contributed by atoms with Gasteiger partial charge in [-0.05, 0) is 46.9 Å². The van der Waals surface area contributed by atoms with Gasteiger partial charge in [0.2, 0.25) is 0 Å². The fraction of sp³-hybridized carbons (Fsp3) is 0.0612. The van der Waals surface area contributed by atoms with E-state index in [1.165, 1.54) is 5.56 Å². The maximum atomic E-state index is 5.28. The normalized spacial score (nSPS) is 11.4. The first-order chi connectivity index (χ1) is 26.1. The molecule has 53 heavy (non-hydrogen) atoms. The van der Waals surface area contributed by atoms with E-state index in [4.69, 9.17) is 19.9 Å². The molecule has 3 aromatic heterocycles. The minimum Gasteiger partial charge on any atom is -0.245 e. The second-order valence-corrected chi connectivity index (χ2v) is 13.7. The Morgan fingerprint density at radius 1 is 0.340 bits per heavy atom. The second kappa shape index (κ2) is 13.7. The number of aromatic nitrogens is 4. The standard InChI is InChI=1S/C49H36N4/c1-32(2)42-30-44(34-13-6-3-7-14-34)51-48-41(42)27-25-37-26-28-43(50-47(37)48)40-20-12-19-39(29-40)33-21-23-38(24-22-33)49-52-45(35-15-8-4-9-16-35)31-46(53-49)36-17-10-5-11-18-36/h3-32H,1-2H3. The Balaban J connectivity index is 1.08. The minimum atomic E-state index is 0.344. The second-order valence-electron chi connectivity index (χ2n) is 13.7. The van der Waals surface area contributed by atoms with Crippen molar-refractivity contribution in [2.75, 3.05) is 0 Å². The van der Waals surface area contributed by atoms with Crippen molar-refractivity contribution in [2.24, 2.45) is 0 Å². The molecule has 6 aromatic carbocycles. The Morgan fingerprint density at radius 3 is 1.45 bits per heavy atom. The first-order valence-electron chi connectivity index (χ1n) is 18.1. The van der Waals surface area contributed by atoms with E-state index in [1.807, 2.05) is 42.5 Å². The average Bonchev–Trinajstić information content (AvgIpc) is 3.24. The molecule has 0 N–H and O–H groups in total. The quantitative estimate of drug-likeness (QED) is 0.157. The van der Waals surface area contributed by atoms with E-state index in [-0.39, 0.29) is 0 Å². The Kier molecular flexibility index (Phi) is 8.33. The highest BCUT2D eigenvalue weighted by Gasteiger charge is 2.15. The first kappa shape index (κ1) is 32.1. The van der Waals surface area contributed by atoms with Crippen molar-refractivity contribution in [3.63, 3.8) is 0 Å². The molecule has 9 aromatic rings. The van der Waals surface area contributed by atoms with Gasteiger partial charge in [-0.25, -0.2) is 19.9 Å². The number of benzene rings is 6. The van der Waals surface area contributed by atoms with Gasteiger partial charge in [-0.1, -0.05) is 166 Å². The highest BCUT2D eigenvalue weighted by atomic mass is 14.9. The van der Waals surface area contributed by atoms with Crippen LogP contribution in [0.25, 0.3) is 89.4 Å². The number of hydrogen-bond donors (Lipinski definition) is 0. The van der Waals surface area contributed by atoms with Crippen LogP contribution in [-0.2, 0) is 0 Å². The van der Waals surface area contributed by atoms with E-state index in [2.05, 4.69) is 147 Å². The lowest BCUT2D eigenvalue weighted by molar-refractivity contribution is 0.875. The molecule has 252 valence electrons. The van der Waals surface area contributed by atoms with Gasteiger partial charge in [0.1, 0.15) is 0 Å². The zero-order valence-electron chi connectivity index (χ0n) is 29.6. The number of rotatable bonds is 7. The molecule has 3 heterocycles. The summed E-state index contributed by atoms with van der Waals surface area (Å²) in [6.07, 6.45) is 0. The Labute approximate surface area is 309 Å². The SMILES string of the molecule is CC(C)c1cc(-c2ccccc2)nc2c1ccc1ccc(-c3cccc(-c4ccc(-c5nc(-c6ccccc6)cc(-c6ccccc6)n5)cc4)c3)nc12. The van der Waals surface area contributed by atoms with Gasteiger partial charge >= 0.3 is 0 Å². The van der Waals surface area contributed by atoms with Crippen LogP contribution in [0.5, 0.6) is 0 Å². The molecule has 4 heteroatoms. The third-order valence-corrected chi connectivity index (χ3v) is 9.86. The zero-order chi connectivity index (χ0) is 35.7. The van der Waals surface area contributed by atoms with Crippen molar-refractivity contribution in [1.82, 2.24) is 19.9 Å². The molecule has 9 rings (SSSR count). The van der Waals surface area contributed by atoms with Gasteiger partial charge < -0.3 is 0 Å². The van der Waals surface area contributed by atoms with Crippen LogP contribution in [0.3, 0.4) is 0 Å². The molecule has 0 aliphatic rings. The lowest BCUT2D eigenvalue weighted by Gasteiger charge is -2.14. The Morgan fingerprint density at radius 2 is 0.849 bits per heavy atom. The molecular formula is C49H36N4. The molecule has 0 fully saturated rings. The highest BCUT2D eigenvalue weighted by Crippen LogP contribution is 2.35. The zero-order valence-corrected chi connectivity index (χ0v) is 29.6. The highest BCUT2D eigenvalue weighted by molar-refractivity contribution is 6.05. The summed E-state index contributed by atoms with van der Waals surface area (Å²) in [5.41, 5.74) is 14.3. The van der Waals surface area contributed by atoms with Crippen LogP contribution in [0.15, 0.2) is 176 Å². The smallest absolute Gasteiger partial charge is 0.160 e. The minimum absolute atomic E-state index is 0.344. The molecule has 0 saturated carbocycles. The number of nitrogens with zero attached hydrogens (tertiary/aromatic N) is 4. The molecule has 0 aliphatic heterocycles. The maximum Gasteiger partial charge on any atom is 0.160 e. The van der Waals surface area contributed by atoms with Gasteiger partial charge in [-0.3, -0.25) is 0 Å². The fourth-order valence-corrected chi connectivity index (χ4v) is 7.05. The van der Waals surface area contributed by atoms with Crippen molar-refractivity contribution in [3.05, 3.63) is 181 Å². The van der Waals surface area contributed by atoms with E-state index in [0.29, 0.717) is 11.7 Å². The molecule has 0 saturated heterocycles. The Hall–Kier alpha value is -6.78. The van der Waals surface area contributed by atoms with Crippen LogP contribution in [0.2, 0.25) is 0 Å². The van der Waals surface area contributed by atoms with E-state index in [0.717, 1.165) is 83.5 Å². The van der Waals surface area contributed by atoms with Gasteiger partial charge in [-0.2, -0.15) is 0 Å².